The molecule has 0 aliphatic carbocycles. The quantitative estimate of drug-likeness (QED) is 0.763. The van der Waals surface area contributed by atoms with Gasteiger partial charge in [-0.05, 0) is 6.42 Å². The van der Waals surface area contributed by atoms with Crippen molar-refractivity contribution < 1.29 is 4.74 Å². The molecule has 2 saturated heterocycles. The van der Waals surface area contributed by atoms with Gasteiger partial charge < -0.3 is 10.1 Å². The fourth-order valence-corrected chi connectivity index (χ4v) is 2.13. The average molecular weight is 229 g/mol. The third kappa shape index (κ3) is 2.96. The Balaban J connectivity index is 0.000000720. The van der Waals surface area contributed by atoms with Gasteiger partial charge in [0.2, 0.25) is 0 Å². The minimum absolute atomic E-state index is 0. The van der Waals surface area contributed by atoms with Crippen molar-refractivity contribution in [2.75, 3.05) is 33.4 Å². The van der Waals surface area contributed by atoms with E-state index in [2.05, 4.69) is 10.2 Å². The molecule has 13 heavy (non-hydrogen) atoms. The summed E-state index contributed by atoms with van der Waals surface area (Å²) in [5.41, 5.74) is 0. The van der Waals surface area contributed by atoms with Crippen molar-refractivity contribution >= 4 is 24.8 Å². The first-order chi connectivity index (χ1) is 5.40. The minimum Gasteiger partial charge on any atom is -0.383 e. The van der Waals surface area contributed by atoms with Crippen LogP contribution in [0.5, 0.6) is 0 Å². The predicted octanol–water partition coefficient (Wildman–Crippen LogP) is 0.522. The second kappa shape index (κ2) is 6.04. The van der Waals surface area contributed by atoms with Crippen molar-refractivity contribution in [1.82, 2.24) is 10.2 Å². The van der Waals surface area contributed by atoms with E-state index in [9.17, 15) is 0 Å². The molecule has 0 saturated carbocycles. The minimum atomic E-state index is 0. The summed E-state index contributed by atoms with van der Waals surface area (Å²) in [6.07, 6.45) is 1.35. The van der Waals surface area contributed by atoms with Gasteiger partial charge in [-0.3, -0.25) is 4.90 Å². The maximum atomic E-state index is 5.05. The first-order valence-electron chi connectivity index (χ1n) is 4.36. The molecule has 2 aliphatic rings. The van der Waals surface area contributed by atoms with E-state index < -0.39 is 0 Å². The molecule has 3 nitrogen and oxygen atoms in total. The van der Waals surface area contributed by atoms with Crippen molar-refractivity contribution in [3.63, 3.8) is 0 Å². The van der Waals surface area contributed by atoms with E-state index in [1.807, 2.05) is 0 Å². The van der Waals surface area contributed by atoms with Gasteiger partial charge in [0, 0.05) is 38.8 Å². The average Bonchev–Trinajstić information content (AvgIpc) is 2.60. The van der Waals surface area contributed by atoms with E-state index in [4.69, 9.17) is 4.74 Å². The molecule has 80 valence electrons. The van der Waals surface area contributed by atoms with Gasteiger partial charge in [0.1, 0.15) is 0 Å². The molecule has 0 aromatic heterocycles. The number of hydrogen-bond donors (Lipinski definition) is 1. The number of halogens is 2. The fraction of sp³-hybridized carbons (Fsp3) is 1.00. The number of nitrogens with one attached hydrogen (secondary N) is 1. The molecule has 2 fully saturated rings. The SMILES string of the molecule is COCCN1C[C@@H]2C[C@H]1CN2.Cl.Cl. The topological polar surface area (TPSA) is 24.5 Å². The molecular formula is C8H18Cl2N2O. The number of rotatable bonds is 3. The molecule has 1 N–H and O–H groups in total. The van der Waals surface area contributed by atoms with E-state index in [1.165, 1.54) is 19.5 Å². The molecular weight excluding hydrogens is 211 g/mol. The summed E-state index contributed by atoms with van der Waals surface area (Å²) in [6, 6.07) is 1.58. The van der Waals surface area contributed by atoms with Crippen LogP contribution in [0.2, 0.25) is 0 Å². The van der Waals surface area contributed by atoms with Gasteiger partial charge in [0.15, 0.2) is 0 Å². The Morgan fingerprint density at radius 1 is 1.46 bits per heavy atom. The van der Waals surface area contributed by atoms with Crippen LogP contribution in [0.4, 0.5) is 0 Å². The lowest BCUT2D eigenvalue weighted by atomic mass is 10.2. The molecule has 0 aromatic rings. The van der Waals surface area contributed by atoms with Gasteiger partial charge in [-0.25, -0.2) is 0 Å². The summed E-state index contributed by atoms with van der Waals surface area (Å²) in [7, 11) is 1.77. The largest absolute Gasteiger partial charge is 0.383 e. The highest BCUT2D eigenvalue weighted by Crippen LogP contribution is 2.22. The normalized spacial score (nSPS) is 31.2. The summed E-state index contributed by atoms with van der Waals surface area (Å²) in [4.78, 5) is 2.53. The lowest BCUT2D eigenvalue weighted by Crippen LogP contribution is -2.44. The van der Waals surface area contributed by atoms with Gasteiger partial charge in [0.25, 0.3) is 0 Å². The van der Waals surface area contributed by atoms with Crippen LogP contribution in [0.3, 0.4) is 0 Å². The van der Waals surface area contributed by atoms with Crippen LogP contribution in [0.1, 0.15) is 6.42 Å². The second-order valence-corrected chi connectivity index (χ2v) is 3.48. The molecule has 2 atom stereocenters. The second-order valence-electron chi connectivity index (χ2n) is 3.48. The van der Waals surface area contributed by atoms with Crippen LogP contribution in [-0.4, -0.2) is 50.3 Å². The standard InChI is InChI=1S/C8H16N2O.2ClH/c1-11-3-2-10-6-7-4-8(10)5-9-7;;/h7-9H,2-6H2,1H3;2*1H/t7-,8-;;/m0../s1. The Labute approximate surface area is 92.0 Å². The lowest BCUT2D eigenvalue weighted by Gasteiger charge is -2.26. The Morgan fingerprint density at radius 3 is 2.69 bits per heavy atom. The van der Waals surface area contributed by atoms with Crippen LogP contribution in [0, 0.1) is 0 Å². The molecule has 5 heteroatoms. The van der Waals surface area contributed by atoms with E-state index >= 15 is 0 Å². The first kappa shape index (κ1) is 13.5. The zero-order valence-electron chi connectivity index (χ0n) is 7.86. The zero-order valence-corrected chi connectivity index (χ0v) is 9.50. The highest BCUT2D eigenvalue weighted by molar-refractivity contribution is 5.85. The molecule has 0 unspecified atom stereocenters. The van der Waals surface area contributed by atoms with Crippen LogP contribution in [0.15, 0.2) is 0 Å². The predicted molar refractivity (Wildman–Crippen MR) is 58.1 cm³/mol. The Hall–Kier alpha value is 0.460. The molecule has 0 radical (unpaired) electrons. The number of nitrogens with zero attached hydrogens (tertiary/aromatic N) is 1. The van der Waals surface area contributed by atoms with Crippen molar-refractivity contribution in [2.45, 2.75) is 18.5 Å². The van der Waals surface area contributed by atoms with Gasteiger partial charge in [-0.15, -0.1) is 24.8 Å². The smallest absolute Gasteiger partial charge is 0.0589 e. The highest BCUT2D eigenvalue weighted by Gasteiger charge is 2.36. The molecule has 2 bridgehead atoms. The third-order valence-electron chi connectivity index (χ3n) is 2.75. The number of hydrogen-bond acceptors (Lipinski definition) is 3. The Kier molecular flexibility index (Phi) is 6.25. The van der Waals surface area contributed by atoms with E-state index in [-0.39, 0.29) is 24.8 Å². The number of ether oxygens (including phenoxy) is 1. The monoisotopic (exact) mass is 228 g/mol. The number of methoxy groups -OCH3 is 1. The van der Waals surface area contributed by atoms with E-state index in [1.54, 1.807) is 7.11 Å². The first-order valence-corrected chi connectivity index (χ1v) is 4.36. The molecule has 2 aliphatic heterocycles. The van der Waals surface area contributed by atoms with Crippen LogP contribution < -0.4 is 5.32 Å². The summed E-state index contributed by atoms with van der Waals surface area (Å²) < 4.78 is 5.05. The van der Waals surface area contributed by atoms with Crippen molar-refractivity contribution in [3.05, 3.63) is 0 Å². The molecule has 0 amide bonds. The van der Waals surface area contributed by atoms with E-state index in [0.717, 1.165) is 25.2 Å². The summed E-state index contributed by atoms with van der Waals surface area (Å²) in [5, 5.41) is 3.48. The number of likely N-dealkylation sites (tertiary alicyclic amines) is 1. The fourth-order valence-electron chi connectivity index (χ4n) is 2.13. The maximum Gasteiger partial charge on any atom is 0.0589 e. The molecule has 0 aromatic carbocycles. The molecule has 2 heterocycles. The third-order valence-corrected chi connectivity index (χ3v) is 2.75. The molecule has 2 rings (SSSR count). The zero-order chi connectivity index (χ0) is 7.68. The van der Waals surface area contributed by atoms with Gasteiger partial charge in [-0.1, -0.05) is 0 Å². The van der Waals surface area contributed by atoms with Gasteiger partial charge >= 0.3 is 0 Å². The van der Waals surface area contributed by atoms with Crippen molar-refractivity contribution in [2.24, 2.45) is 0 Å². The van der Waals surface area contributed by atoms with E-state index in [0.29, 0.717) is 0 Å². The summed E-state index contributed by atoms with van der Waals surface area (Å²) in [6.45, 7) is 4.41. The van der Waals surface area contributed by atoms with Gasteiger partial charge in [0.05, 0.1) is 6.61 Å². The molecule has 0 spiro atoms. The Morgan fingerprint density at radius 2 is 2.23 bits per heavy atom. The Bertz CT molecular complexity index is 148. The highest BCUT2D eigenvalue weighted by atomic mass is 35.5. The summed E-state index contributed by atoms with van der Waals surface area (Å²) in [5.74, 6) is 0. The maximum absolute atomic E-state index is 5.05. The summed E-state index contributed by atoms with van der Waals surface area (Å²) >= 11 is 0. The number of piperazine rings is 1. The lowest BCUT2D eigenvalue weighted by molar-refractivity contribution is 0.133. The van der Waals surface area contributed by atoms with Crippen LogP contribution in [-0.2, 0) is 4.74 Å². The van der Waals surface area contributed by atoms with Gasteiger partial charge in [-0.2, -0.15) is 0 Å². The van der Waals surface area contributed by atoms with Crippen LogP contribution >= 0.6 is 24.8 Å². The van der Waals surface area contributed by atoms with Crippen molar-refractivity contribution in [3.8, 4) is 0 Å². The van der Waals surface area contributed by atoms with Crippen molar-refractivity contribution in [1.29, 1.82) is 0 Å². The van der Waals surface area contributed by atoms with Crippen LogP contribution in [0.25, 0.3) is 0 Å². The number of fused-ring (bicyclic) bond motifs is 2.